The highest BCUT2D eigenvalue weighted by Crippen LogP contribution is 2.74. The SMILES string of the molecule is C=CC(O)OCC(=O)OCCOC1(C)C2(C)CC3C(C2C)C1(C)OS3(=O)=O. The van der Waals surface area contributed by atoms with Crippen LogP contribution in [0.15, 0.2) is 12.7 Å². The lowest BCUT2D eigenvalue weighted by Crippen LogP contribution is -2.60. The molecule has 8 nitrogen and oxygen atoms in total. The first-order chi connectivity index (χ1) is 12.4. The first-order valence-electron chi connectivity index (χ1n) is 9.09. The summed E-state index contributed by atoms with van der Waals surface area (Å²) in [5.41, 5.74) is -2.13. The molecular formula is C18H28O8S. The van der Waals surface area contributed by atoms with Crippen molar-refractivity contribution < 1.29 is 36.7 Å². The minimum Gasteiger partial charge on any atom is -0.462 e. The van der Waals surface area contributed by atoms with Crippen LogP contribution in [0.25, 0.3) is 0 Å². The van der Waals surface area contributed by atoms with Gasteiger partial charge in [-0.2, -0.15) is 8.42 Å². The number of esters is 1. The summed E-state index contributed by atoms with van der Waals surface area (Å²) in [5, 5.41) is 8.68. The van der Waals surface area contributed by atoms with Crippen molar-refractivity contribution in [3.05, 3.63) is 12.7 Å². The maximum atomic E-state index is 12.4. The fourth-order valence-electron chi connectivity index (χ4n) is 5.49. The van der Waals surface area contributed by atoms with Crippen LogP contribution < -0.4 is 0 Å². The molecule has 0 radical (unpaired) electrons. The summed E-state index contributed by atoms with van der Waals surface area (Å²) in [6, 6.07) is 0. The Morgan fingerprint density at radius 2 is 2.04 bits per heavy atom. The van der Waals surface area contributed by atoms with Gasteiger partial charge in [-0.3, -0.25) is 4.18 Å². The second kappa shape index (κ2) is 6.52. The summed E-state index contributed by atoms with van der Waals surface area (Å²) < 4.78 is 46.5. The maximum Gasteiger partial charge on any atom is 0.332 e. The normalized spacial score (nSPS) is 45.0. The lowest BCUT2D eigenvalue weighted by Gasteiger charge is -2.49. The van der Waals surface area contributed by atoms with Gasteiger partial charge in [-0.1, -0.05) is 20.4 Å². The largest absolute Gasteiger partial charge is 0.462 e. The van der Waals surface area contributed by atoms with E-state index in [1.54, 1.807) is 0 Å². The zero-order valence-electron chi connectivity index (χ0n) is 16.1. The zero-order chi connectivity index (χ0) is 20.3. The van der Waals surface area contributed by atoms with Crippen molar-refractivity contribution in [2.45, 2.75) is 56.9 Å². The number of fused-ring (bicyclic) bond motifs is 1. The Labute approximate surface area is 159 Å². The number of hydrogen-bond acceptors (Lipinski definition) is 8. The first kappa shape index (κ1) is 20.7. The lowest BCUT2D eigenvalue weighted by atomic mass is 9.66. The van der Waals surface area contributed by atoms with E-state index in [0.717, 1.165) is 6.08 Å². The van der Waals surface area contributed by atoms with Gasteiger partial charge in [0.2, 0.25) is 0 Å². The van der Waals surface area contributed by atoms with Gasteiger partial charge in [-0.15, -0.1) is 0 Å². The molecule has 1 saturated heterocycles. The van der Waals surface area contributed by atoms with Gasteiger partial charge < -0.3 is 19.3 Å². The van der Waals surface area contributed by atoms with Gasteiger partial charge in [-0.05, 0) is 32.3 Å². The summed E-state index contributed by atoms with van der Waals surface area (Å²) >= 11 is 0. The van der Waals surface area contributed by atoms with Crippen LogP contribution in [0.5, 0.6) is 0 Å². The second-order valence-corrected chi connectivity index (χ2v) is 9.95. The number of carbonyl (C=O) groups is 1. The fraction of sp³-hybridized carbons (Fsp3) is 0.833. The van der Waals surface area contributed by atoms with Crippen LogP contribution in [0.1, 0.15) is 34.1 Å². The fourth-order valence-corrected chi connectivity index (χ4v) is 7.77. The smallest absolute Gasteiger partial charge is 0.332 e. The highest BCUT2D eigenvalue weighted by molar-refractivity contribution is 7.87. The molecule has 1 heterocycles. The Bertz CT molecular complexity index is 736. The van der Waals surface area contributed by atoms with E-state index in [1.807, 2.05) is 13.8 Å². The van der Waals surface area contributed by atoms with Crippen LogP contribution >= 0.6 is 0 Å². The van der Waals surface area contributed by atoms with E-state index in [4.69, 9.17) is 23.5 Å². The molecule has 7 atom stereocenters. The standard InChI is InChI=1S/C18H28O8S/c1-6-13(19)24-10-14(20)23-7-8-25-18(5)16(3)9-12-15(11(16)2)17(18,4)26-27(12,21)22/h6,11-13,15,19H,1,7-10H2,2-5H3. The third-order valence-electron chi connectivity index (χ3n) is 7.21. The van der Waals surface area contributed by atoms with Crippen molar-refractivity contribution in [3.63, 3.8) is 0 Å². The highest BCUT2D eigenvalue weighted by atomic mass is 32.2. The Morgan fingerprint density at radius 1 is 1.37 bits per heavy atom. The minimum atomic E-state index is -3.61. The molecule has 7 unspecified atom stereocenters. The first-order valence-corrected chi connectivity index (χ1v) is 10.6. The molecule has 27 heavy (non-hydrogen) atoms. The Morgan fingerprint density at radius 3 is 2.67 bits per heavy atom. The molecule has 1 N–H and O–H groups in total. The van der Waals surface area contributed by atoms with Crippen molar-refractivity contribution >= 4 is 16.1 Å². The molecule has 3 fully saturated rings. The van der Waals surface area contributed by atoms with Crippen molar-refractivity contribution in [2.75, 3.05) is 19.8 Å². The minimum absolute atomic E-state index is 0.0106. The molecule has 0 aromatic rings. The summed E-state index contributed by atoms with van der Waals surface area (Å²) in [6.07, 6.45) is 0.426. The van der Waals surface area contributed by atoms with Gasteiger partial charge in [0.05, 0.1) is 11.9 Å². The number of hydrogen-bond donors (Lipinski definition) is 1. The van der Waals surface area contributed by atoms with Crippen LogP contribution in [0.2, 0.25) is 0 Å². The van der Waals surface area contributed by atoms with E-state index in [1.165, 1.54) is 0 Å². The quantitative estimate of drug-likeness (QED) is 0.210. The molecule has 2 aliphatic carbocycles. The third kappa shape index (κ3) is 2.78. The van der Waals surface area contributed by atoms with Crippen molar-refractivity contribution in [1.29, 1.82) is 0 Å². The summed E-state index contributed by atoms with van der Waals surface area (Å²) in [4.78, 5) is 11.6. The van der Waals surface area contributed by atoms with E-state index >= 15 is 0 Å². The average Bonchev–Trinajstić information content (AvgIpc) is 3.02. The van der Waals surface area contributed by atoms with E-state index in [9.17, 15) is 13.2 Å². The number of aliphatic hydroxyl groups excluding tert-OH is 1. The number of aliphatic hydroxyl groups is 1. The van der Waals surface area contributed by atoms with Crippen molar-refractivity contribution in [3.8, 4) is 0 Å². The molecular weight excluding hydrogens is 376 g/mol. The molecule has 0 amide bonds. The molecule has 9 heteroatoms. The molecule has 154 valence electrons. The van der Waals surface area contributed by atoms with Crippen LogP contribution in [0.4, 0.5) is 0 Å². The Kier molecular flexibility index (Phi) is 5.00. The molecule has 2 bridgehead atoms. The summed E-state index contributed by atoms with van der Waals surface area (Å²) in [7, 11) is -3.61. The second-order valence-electron chi connectivity index (χ2n) is 8.20. The summed E-state index contributed by atoms with van der Waals surface area (Å²) in [6.45, 7) is 10.8. The average molecular weight is 404 g/mol. The predicted octanol–water partition coefficient (Wildman–Crippen LogP) is 0.989. The van der Waals surface area contributed by atoms with Crippen molar-refractivity contribution in [2.24, 2.45) is 17.3 Å². The topological polar surface area (TPSA) is 108 Å². The monoisotopic (exact) mass is 404 g/mol. The highest BCUT2D eigenvalue weighted by Gasteiger charge is 2.83. The van der Waals surface area contributed by atoms with Gasteiger partial charge in [0, 0.05) is 11.3 Å². The van der Waals surface area contributed by atoms with Crippen LogP contribution in [-0.2, 0) is 33.3 Å². The van der Waals surface area contributed by atoms with Gasteiger partial charge >= 0.3 is 5.97 Å². The number of rotatable bonds is 8. The van der Waals surface area contributed by atoms with Crippen LogP contribution in [0.3, 0.4) is 0 Å². The van der Waals surface area contributed by atoms with Gasteiger partial charge in [0.1, 0.15) is 24.4 Å². The number of ether oxygens (including phenoxy) is 3. The van der Waals surface area contributed by atoms with E-state index in [2.05, 4.69) is 20.4 Å². The number of carbonyl (C=O) groups excluding carboxylic acids is 1. The van der Waals surface area contributed by atoms with Crippen LogP contribution in [-0.4, -0.2) is 62.1 Å². The molecule has 0 aromatic heterocycles. The molecule has 2 saturated carbocycles. The van der Waals surface area contributed by atoms with E-state index in [0.29, 0.717) is 6.42 Å². The maximum absolute atomic E-state index is 12.4. The van der Waals surface area contributed by atoms with Gasteiger partial charge in [0.15, 0.2) is 6.29 Å². The third-order valence-corrected chi connectivity index (χ3v) is 8.99. The molecule has 0 spiro atoms. The van der Waals surface area contributed by atoms with E-state index < -0.39 is 45.4 Å². The Balaban J connectivity index is 1.62. The molecule has 3 rings (SSSR count). The lowest BCUT2D eigenvalue weighted by molar-refractivity contribution is -0.200. The van der Waals surface area contributed by atoms with Gasteiger partial charge in [0.25, 0.3) is 10.1 Å². The van der Waals surface area contributed by atoms with E-state index in [-0.39, 0.29) is 30.5 Å². The predicted molar refractivity (Wildman–Crippen MR) is 95.0 cm³/mol. The molecule has 0 aromatic carbocycles. The van der Waals surface area contributed by atoms with Crippen molar-refractivity contribution in [1.82, 2.24) is 0 Å². The van der Waals surface area contributed by atoms with Crippen LogP contribution in [0, 0.1) is 17.3 Å². The van der Waals surface area contributed by atoms with Gasteiger partial charge in [-0.25, -0.2) is 4.79 Å². The zero-order valence-corrected chi connectivity index (χ0v) is 17.0. The summed E-state index contributed by atoms with van der Waals surface area (Å²) in [5.74, 6) is -0.622. The Hall–Kier alpha value is -1.00. The molecule has 3 aliphatic rings. The molecule has 1 aliphatic heterocycles.